The molecule has 7 heteroatoms. The Kier molecular flexibility index (Phi) is 4.41. The molecule has 3 rings (SSSR count). The Balaban J connectivity index is 1.73. The van der Waals surface area contributed by atoms with Gasteiger partial charge in [0.15, 0.2) is 0 Å². The van der Waals surface area contributed by atoms with Crippen LogP contribution in [0.4, 0.5) is 0 Å². The summed E-state index contributed by atoms with van der Waals surface area (Å²) in [7, 11) is 0. The van der Waals surface area contributed by atoms with E-state index in [0.29, 0.717) is 23.4 Å². The molecule has 1 amide bonds. The van der Waals surface area contributed by atoms with Gasteiger partial charge >= 0.3 is 0 Å². The van der Waals surface area contributed by atoms with Crippen molar-refractivity contribution in [1.29, 1.82) is 0 Å². The predicted molar refractivity (Wildman–Crippen MR) is 87.9 cm³/mol. The van der Waals surface area contributed by atoms with E-state index in [1.54, 1.807) is 17.9 Å². The number of aryl methyl sites for hydroxylation is 2. The number of nitrogens with one attached hydrogen (secondary N) is 1. The van der Waals surface area contributed by atoms with Gasteiger partial charge in [-0.3, -0.25) is 4.79 Å². The Morgan fingerprint density at radius 3 is 2.71 bits per heavy atom. The fourth-order valence-corrected chi connectivity index (χ4v) is 2.56. The molecule has 1 N–H and O–H groups in total. The van der Waals surface area contributed by atoms with Crippen LogP contribution in [0.5, 0.6) is 0 Å². The lowest BCUT2D eigenvalue weighted by Gasteiger charge is -2.15. The van der Waals surface area contributed by atoms with Crippen LogP contribution in [-0.4, -0.2) is 25.8 Å². The average molecular weight is 325 g/mol. The summed E-state index contributed by atoms with van der Waals surface area (Å²) in [6.07, 6.45) is 3.78. The first-order valence-corrected chi connectivity index (χ1v) is 7.81. The van der Waals surface area contributed by atoms with E-state index in [0.717, 1.165) is 11.3 Å². The van der Waals surface area contributed by atoms with Crippen molar-refractivity contribution in [2.75, 3.05) is 0 Å². The normalized spacial score (nSPS) is 12.1. The molecule has 0 aliphatic rings. The summed E-state index contributed by atoms with van der Waals surface area (Å²) in [6, 6.07) is 7.66. The predicted octanol–water partition coefficient (Wildman–Crippen LogP) is 2.62. The zero-order chi connectivity index (χ0) is 17.1. The SMILES string of the molecule is CCc1noc(C)c1C(=O)N[C@@H](C)c1ccc(-n2cncn2)cc1. The quantitative estimate of drug-likeness (QED) is 0.779. The van der Waals surface area contributed by atoms with E-state index >= 15 is 0 Å². The topological polar surface area (TPSA) is 85.8 Å². The van der Waals surface area contributed by atoms with Crippen molar-refractivity contribution in [3.05, 3.63) is 59.5 Å². The maximum atomic E-state index is 12.5. The van der Waals surface area contributed by atoms with E-state index in [4.69, 9.17) is 4.52 Å². The second kappa shape index (κ2) is 6.66. The molecule has 24 heavy (non-hydrogen) atoms. The van der Waals surface area contributed by atoms with Crippen molar-refractivity contribution in [1.82, 2.24) is 25.2 Å². The minimum atomic E-state index is -0.168. The minimum Gasteiger partial charge on any atom is -0.361 e. The maximum absolute atomic E-state index is 12.5. The lowest BCUT2D eigenvalue weighted by molar-refractivity contribution is 0.0937. The molecule has 0 saturated carbocycles. The molecule has 3 aromatic rings. The molecule has 124 valence electrons. The Bertz CT molecular complexity index is 821. The highest BCUT2D eigenvalue weighted by Gasteiger charge is 2.20. The summed E-state index contributed by atoms with van der Waals surface area (Å²) in [5.41, 5.74) is 3.12. The number of hydrogen-bond donors (Lipinski definition) is 1. The van der Waals surface area contributed by atoms with Crippen LogP contribution in [0.1, 0.15) is 47.3 Å². The van der Waals surface area contributed by atoms with Crippen LogP contribution >= 0.6 is 0 Å². The van der Waals surface area contributed by atoms with Crippen LogP contribution in [0, 0.1) is 6.92 Å². The van der Waals surface area contributed by atoms with E-state index in [1.807, 2.05) is 38.1 Å². The Labute approximate surface area is 139 Å². The van der Waals surface area contributed by atoms with Gasteiger partial charge in [0.1, 0.15) is 24.0 Å². The summed E-state index contributed by atoms with van der Waals surface area (Å²) in [5, 5.41) is 11.0. The largest absolute Gasteiger partial charge is 0.361 e. The van der Waals surface area contributed by atoms with Crippen LogP contribution < -0.4 is 5.32 Å². The molecule has 2 heterocycles. The first-order valence-electron chi connectivity index (χ1n) is 7.81. The van der Waals surface area contributed by atoms with Crippen LogP contribution in [-0.2, 0) is 6.42 Å². The molecule has 0 aliphatic carbocycles. The van der Waals surface area contributed by atoms with Gasteiger partial charge in [0.2, 0.25) is 0 Å². The molecular weight excluding hydrogens is 306 g/mol. The Morgan fingerprint density at radius 2 is 2.08 bits per heavy atom. The van der Waals surface area contributed by atoms with Gasteiger partial charge < -0.3 is 9.84 Å². The van der Waals surface area contributed by atoms with Gasteiger partial charge in [-0.1, -0.05) is 24.2 Å². The third kappa shape index (κ3) is 3.05. The second-order valence-electron chi connectivity index (χ2n) is 5.54. The van der Waals surface area contributed by atoms with Gasteiger partial charge in [0.25, 0.3) is 5.91 Å². The standard InChI is InChI=1S/C17H19N5O2/c1-4-15-16(12(3)24-21-15)17(23)20-11(2)13-5-7-14(8-6-13)22-10-18-9-19-22/h5-11H,4H2,1-3H3,(H,20,23)/t11-/m0/s1. The smallest absolute Gasteiger partial charge is 0.257 e. The number of nitrogens with zero attached hydrogens (tertiary/aromatic N) is 4. The van der Waals surface area contributed by atoms with E-state index in [2.05, 4.69) is 20.6 Å². The van der Waals surface area contributed by atoms with Crippen molar-refractivity contribution < 1.29 is 9.32 Å². The van der Waals surface area contributed by atoms with E-state index in [-0.39, 0.29) is 11.9 Å². The molecular formula is C17H19N5O2. The Morgan fingerprint density at radius 1 is 1.33 bits per heavy atom. The van der Waals surface area contributed by atoms with Gasteiger partial charge in [0, 0.05) is 0 Å². The highest BCUT2D eigenvalue weighted by molar-refractivity contribution is 5.96. The molecule has 0 radical (unpaired) electrons. The molecule has 0 spiro atoms. The molecule has 7 nitrogen and oxygen atoms in total. The van der Waals surface area contributed by atoms with Crippen LogP contribution in [0.25, 0.3) is 5.69 Å². The third-order valence-electron chi connectivity index (χ3n) is 3.92. The number of benzene rings is 1. The highest BCUT2D eigenvalue weighted by Crippen LogP contribution is 2.18. The van der Waals surface area contributed by atoms with E-state index < -0.39 is 0 Å². The van der Waals surface area contributed by atoms with Crippen molar-refractivity contribution in [3.63, 3.8) is 0 Å². The summed E-state index contributed by atoms with van der Waals surface area (Å²) in [4.78, 5) is 16.4. The molecule has 0 unspecified atom stereocenters. The van der Waals surface area contributed by atoms with E-state index in [1.165, 1.54) is 6.33 Å². The van der Waals surface area contributed by atoms with Crippen LogP contribution in [0.15, 0.2) is 41.4 Å². The highest BCUT2D eigenvalue weighted by atomic mass is 16.5. The summed E-state index contributed by atoms with van der Waals surface area (Å²) >= 11 is 0. The average Bonchev–Trinajstić information content (AvgIpc) is 3.24. The lowest BCUT2D eigenvalue weighted by Crippen LogP contribution is -2.27. The molecule has 0 saturated heterocycles. The number of carbonyl (C=O) groups excluding carboxylic acids is 1. The van der Waals surface area contributed by atoms with Crippen molar-refractivity contribution in [2.24, 2.45) is 0 Å². The fraction of sp³-hybridized carbons (Fsp3) is 0.294. The van der Waals surface area contributed by atoms with Crippen LogP contribution in [0.3, 0.4) is 0 Å². The fourth-order valence-electron chi connectivity index (χ4n) is 2.56. The van der Waals surface area contributed by atoms with Crippen molar-refractivity contribution in [3.8, 4) is 5.69 Å². The monoisotopic (exact) mass is 325 g/mol. The first kappa shape index (κ1) is 15.9. The molecule has 1 atom stereocenters. The number of carbonyl (C=O) groups is 1. The van der Waals surface area contributed by atoms with Gasteiger partial charge in [-0.25, -0.2) is 9.67 Å². The van der Waals surface area contributed by atoms with Gasteiger partial charge in [0.05, 0.1) is 17.4 Å². The van der Waals surface area contributed by atoms with Gasteiger partial charge in [-0.2, -0.15) is 5.10 Å². The molecule has 2 aromatic heterocycles. The number of amides is 1. The number of rotatable bonds is 5. The lowest BCUT2D eigenvalue weighted by atomic mass is 10.1. The molecule has 1 aromatic carbocycles. The summed E-state index contributed by atoms with van der Waals surface area (Å²) in [6.45, 7) is 5.63. The molecule has 0 fully saturated rings. The first-order chi connectivity index (χ1) is 11.6. The number of hydrogen-bond acceptors (Lipinski definition) is 5. The number of aromatic nitrogens is 4. The zero-order valence-electron chi connectivity index (χ0n) is 13.9. The zero-order valence-corrected chi connectivity index (χ0v) is 13.9. The maximum Gasteiger partial charge on any atom is 0.257 e. The molecule has 0 aliphatic heterocycles. The van der Waals surface area contributed by atoms with E-state index in [9.17, 15) is 4.79 Å². The second-order valence-corrected chi connectivity index (χ2v) is 5.54. The Hall–Kier alpha value is -2.96. The van der Waals surface area contributed by atoms with Gasteiger partial charge in [-0.15, -0.1) is 0 Å². The summed E-state index contributed by atoms with van der Waals surface area (Å²) < 4.78 is 6.81. The minimum absolute atomic E-state index is 0.138. The van der Waals surface area contributed by atoms with Gasteiger partial charge in [-0.05, 0) is 38.0 Å². The van der Waals surface area contributed by atoms with Crippen molar-refractivity contribution >= 4 is 5.91 Å². The molecule has 0 bridgehead atoms. The third-order valence-corrected chi connectivity index (χ3v) is 3.92. The van der Waals surface area contributed by atoms with Crippen molar-refractivity contribution in [2.45, 2.75) is 33.2 Å². The summed E-state index contributed by atoms with van der Waals surface area (Å²) in [5.74, 6) is 0.372. The van der Waals surface area contributed by atoms with Crippen LogP contribution in [0.2, 0.25) is 0 Å².